The summed E-state index contributed by atoms with van der Waals surface area (Å²) >= 11 is 5.91. The number of aliphatic carboxylic acids is 1. The van der Waals surface area contributed by atoms with Gasteiger partial charge in [0.15, 0.2) is 0 Å². The Bertz CT molecular complexity index is 538. The fourth-order valence-corrected chi connectivity index (χ4v) is 2.31. The monoisotopic (exact) mass is 297 g/mol. The number of hydrogen-bond donors (Lipinski definition) is 2. The molecule has 1 aromatic carbocycles. The minimum Gasteiger partial charge on any atom is -0.480 e. The number of carboxylic acids is 1. The lowest BCUT2D eigenvalue weighted by Gasteiger charge is -2.33. The van der Waals surface area contributed by atoms with Crippen molar-refractivity contribution in [2.75, 3.05) is 13.2 Å². The van der Waals surface area contributed by atoms with Gasteiger partial charge in [-0.05, 0) is 30.7 Å². The Hall–Kier alpha value is -1.59. The van der Waals surface area contributed by atoms with Gasteiger partial charge in [-0.2, -0.15) is 0 Å². The zero-order chi connectivity index (χ0) is 14.8. The second kappa shape index (κ2) is 5.81. The van der Waals surface area contributed by atoms with Gasteiger partial charge in [-0.25, -0.2) is 4.79 Å². The van der Waals surface area contributed by atoms with Gasteiger partial charge >= 0.3 is 5.97 Å². The molecule has 1 heterocycles. The van der Waals surface area contributed by atoms with E-state index in [1.807, 2.05) is 0 Å². The highest BCUT2D eigenvalue weighted by molar-refractivity contribution is 6.31. The van der Waals surface area contributed by atoms with Crippen molar-refractivity contribution in [1.82, 2.24) is 5.32 Å². The molecule has 108 valence electrons. The quantitative estimate of drug-likeness (QED) is 0.895. The molecule has 0 aliphatic carbocycles. The van der Waals surface area contributed by atoms with E-state index in [2.05, 4.69) is 5.32 Å². The van der Waals surface area contributed by atoms with E-state index >= 15 is 0 Å². The molecule has 6 heteroatoms. The van der Waals surface area contributed by atoms with Crippen molar-refractivity contribution in [2.24, 2.45) is 0 Å². The van der Waals surface area contributed by atoms with Gasteiger partial charge in [0.25, 0.3) is 5.91 Å². The minimum absolute atomic E-state index is 0.265. The van der Waals surface area contributed by atoms with E-state index in [1.165, 1.54) is 0 Å². The molecule has 1 amide bonds. The van der Waals surface area contributed by atoms with Crippen LogP contribution in [0.25, 0.3) is 0 Å². The van der Waals surface area contributed by atoms with Crippen LogP contribution in [0, 0.1) is 6.92 Å². The third-order valence-electron chi connectivity index (χ3n) is 3.53. The Morgan fingerprint density at radius 3 is 2.55 bits per heavy atom. The van der Waals surface area contributed by atoms with Crippen molar-refractivity contribution >= 4 is 23.5 Å². The largest absolute Gasteiger partial charge is 0.480 e. The summed E-state index contributed by atoms with van der Waals surface area (Å²) in [7, 11) is 0. The molecule has 0 bridgehead atoms. The number of carbonyl (C=O) groups is 2. The molecule has 0 aromatic heterocycles. The zero-order valence-corrected chi connectivity index (χ0v) is 11.9. The molecule has 2 rings (SSSR count). The maximum Gasteiger partial charge on any atom is 0.329 e. The first-order valence-electron chi connectivity index (χ1n) is 6.34. The second-order valence-corrected chi connectivity index (χ2v) is 5.32. The van der Waals surface area contributed by atoms with E-state index in [0.29, 0.717) is 23.8 Å². The molecule has 1 aliphatic rings. The fourth-order valence-electron chi connectivity index (χ4n) is 2.19. The Morgan fingerprint density at radius 2 is 2.00 bits per heavy atom. The van der Waals surface area contributed by atoms with Gasteiger partial charge in [0.05, 0.1) is 0 Å². The fraction of sp³-hybridized carbons (Fsp3) is 0.429. The molecule has 20 heavy (non-hydrogen) atoms. The molecule has 0 spiro atoms. The van der Waals surface area contributed by atoms with Crippen molar-refractivity contribution in [2.45, 2.75) is 25.3 Å². The van der Waals surface area contributed by atoms with Crippen molar-refractivity contribution in [3.8, 4) is 0 Å². The van der Waals surface area contributed by atoms with Crippen molar-refractivity contribution in [3.05, 3.63) is 34.3 Å². The lowest BCUT2D eigenvalue weighted by molar-refractivity contribution is -0.148. The summed E-state index contributed by atoms with van der Waals surface area (Å²) in [5.41, 5.74) is -0.0715. The van der Waals surface area contributed by atoms with Gasteiger partial charge in [0, 0.05) is 36.6 Å². The van der Waals surface area contributed by atoms with Crippen LogP contribution in [0.1, 0.15) is 28.8 Å². The molecule has 0 atom stereocenters. The highest BCUT2D eigenvalue weighted by Gasteiger charge is 2.41. The first kappa shape index (κ1) is 14.8. The molecule has 1 saturated heterocycles. The standard InChI is InChI=1S/C14H16ClNO4/c1-9-8-10(2-3-11(9)15)12(17)16-14(13(18)19)4-6-20-7-5-14/h2-3,8H,4-7H2,1H3,(H,16,17)(H,18,19). The summed E-state index contributed by atoms with van der Waals surface area (Å²) < 4.78 is 5.16. The number of rotatable bonds is 3. The summed E-state index contributed by atoms with van der Waals surface area (Å²) in [5, 5.41) is 12.6. The number of nitrogens with one attached hydrogen (secondary N) is 1. The van der Waals surface area contributed by atoms with Gasteiger partial charge < -0.3 is 15.2 Å². The normalized spacial score (nSPS) is 17.5. The van der Waals surface area contributed by atoms with Gasteiger partial charge in [-0.15, -0.1) is 0 Å². The Morgan fingerprint density at radius 1 is 1.35 bits per heavy atom. The Balaban J connectivity index is 2.20. The van der Waals surface area contributed by atoms with Crippen LogP contribution in [0.15, 0.2) is 18.2 Å². The van der Waals surface area contributed by atoms with Crippen LogP contribution in [-0.4, -0.2) is 35.7 Å². The lowest BCUT2D eigenvalue weighted by atomic mass is 9.89. The number of carboxylic acid groups (broad SMARTS) is 1. The summed E-state index contributed by atoms with van der Waals surface area (Å²) in [5.74, 6) is -1.44. The van der Waals surface area contributed by atoms with E-state index in [0.717, 1.165) is 5.56 Å². The minimum atomic E-state index is -1.25. The molecule has 0 radical (unpaired) electrons. The molecular formula is C14H16ClNO4. The molecule has 5 nitrogen and oxygen atoms in total. The van der Waals surface area contributed by atoms with Crippen LogP contribution in [-0.2, 0) is 9.53 Å². The summed E-state index contributed by atoms with van der Waals surface area (Å²) in [6.45, 7) is 2.44. The predicted octanol–water partition coefficient (Wildman–Crippen LogP) is 2.01. The Labute approximate surface area is 121 Å². The lowest BCUT2D eigenvalue weighted by Crippen LogP contribution is -2.57. The van der Waals surface area contributed by atoms with Crippen LogP contribution in [0.2, 0.25) is 5.02 Å². The maximum absolute atomic E-state index is 12.2. The molecule has 0 unspecified atom stereocenters. The van der Waals surface area contributed by atoms with Gasteiger partial charge in [0.2, 0.25) is 0 Å². The maximum atomic E-state index is 12.2. The number of aryl methyl sites for hydroxylation is 1. The highest BCUT2D eigenvalue weighted by atomic mass is 35.5. The number of ether oxygens (including phenoxy) is 1. The molecule has 0 saturated carbocycles. The Kier molecular flexibility index (Phi) is 4.30. The zero-order valence-electron chi connectivity index (χ0n) is 11.1. The van der Waals surface area contributed by atoms with Crippen molar-refractivity contribution in [3.63, 3.8) is 0 Å². The van der Waals surface area contributed by atoms with Crippen LogP contribution >= 0.6 is 11.6 Å². The first-order chi connectivity index (χ1) is 9.44. The van der Waals surface area contributed by atoms with E-state index < -0.39 is 17.4 Å². The number of carbonyl (C=O) groups excluding carboxylic acids is 1. The smallest absolute Gasteiger partial charge is 0.329 e. The second-order valence-electron chi connectivity index (χ2n) is 4.92. The molecule has 2 N–H and O–H groups in total. The van der Waals surface area contributed by atoms with Crippen LogP contribution < -0.4 is 5.32 Å². The van der Waals surface area contributed by atoms with Gasteiger partial charge in [0.1, 0.15) is 5.54 Å². The average Bonchev–Trinajstić information content (AvgIpc) is 2.42. The first-order valence-corrected chi connectivity index (χ1v) is 6.72. The van der Waals surface area contributed by atoms with E-state index in [9.17, 15) is 14.7 Å². The summed E-state index contributed by atoms with van der Waals surface area (Å²) in [4.78, 5) is 23.7. The summed E-state index contributed by atoms with van der Waals surface area (Å²) in [6.07, 6.45) is 0.529. The van der Waals surface area contributed by atoms with Crippen molar-refractivity contribution < 1.29 is 19.4 Å². The summed E-state index contributed by atoms with van der Waals surface area (Å²) in [6, 6.07) is 4.86. The molecular weight excluding hydrogens is 282 g/mol. The van der Waals surface area contributed by atoms with E-state index in [4.69, 9.17) is 16.3 Å². The van der Waals surface area contributed by atoms with Crippen LogP contribution in [0.5, 0.6) is 0 Å². The number of halogens is 1. The van der Waals surface area contributed by atoms with Gasteiger partial charge in [-0.3, -0.25) is 4.79 Å². The number of benzene rings is 1. The molecule has 1 aliphatic heterocycles. The van der Waals surface area contributed by atoms with Crippen LogP contribution in [0.4, 0.5) is 0 Å². The van der Waals surface area contributed by atoms with E-state index in [-0.39, 0.29) is 12.8 Å². The third kappa shape index (κ3) is 2.94. The highest BCUT2D eigenvalue weighted by Crippen LogP contribution is 2.23. The van der Waals surface area contributed by atoms with Crippen LogP contribution in [0.3, 0.4) is 0 Å². The van der Waals surface area contributed by atoms with Gasteiger partial charge in [-0.1, -0.05) is 11.6 Å². The third-order valence-corrected chi connectivity index (χ3v) is 3.95. The molecule has 1 fully saturated rings. The predicted molar refractivity (Wildman–Crippen MR) is 74.1 cm³/mol. The number of hydrogen-bond acceptors (Lipinski definition) is 3. The molecule has 1 aromatic rings. The van der Waals surface area contributed by atoms with Crippen molar-refractivity contribution in [1.29, 1.82) is 0 Å². The van der Waals surface area contributed by atoms with E-state index in [1.54, 1.807) is 25.1 Å². The average molecular weight is 298 g/mol. The number of amides is 1. The SMILES string of the molecule is Cc1cc(C(=O)NC2(C(=O)O)CCOCC2)ccc1Cl. The topological polar surface area (TPSA) is 75.6 Å².